The number of hydrogen-bond donors (Lipinski definition) is 2. The summed E-state index contributed by atoms with van der Waals surface area (Å²) in [5.41, 5.74) is 2.05. The van der Waals surface area contributed by atoms with Crippen LogP contribution < -0.4 is 20.1 Å². The number of nitrogens with one attached hydrogen (secondary N) is 2. The Hall–Kier alpha value is -1.53. The predicted octanol–water partition coefficient (Wildman–Crippen LogP) is 3.96. The first-order valence-electron chi connectivity index (χ1n) is 8.12. The van der Waals surface area contributed by atoms with E-state index in [1.807, 2.05) is 25.2 Å². The topological polar surface area (TPSA) is 42.5 Å². The SMILES string of the molecule is CNCCCNCc1ccc(OCc2ccc(F)cc2)c(OC)c1.Cl.Cl. The number of methoxy groups -OCH3 is 1. The van der Waals surface area contributed by atoms with Gasteiger partial charge in [0.15, 0.2) is 11.5 Å². The molecular weight excluding hydrogens is 378 g/mol. The minimum absolute atomic E-state index is 0. The van der Waals surface area contributed by atoms with Crippen LogP contribution in [-0.4, -0.2) is 27.2 Å². The van der Waals surface area contributed by atoms with Crippen molar-refractivity contribution in [3.8, 4) is 11.5 Å². The lowest BCUT2D eigenvalue weighted by Crippen LogP contribution is -2.19. The van der Waals surface area contributed by atoms with Crippen molar-refractivity contribution < 1.29 is 13.9 Å². The van der Waals surface area contributed by atoms with Crippen LogP contribution in [0, 0.1) is 5.82 Å². The number of rotatable bonds is 10. The summed E-state index contributed by atoms with van der Waals surface area (Å²) in [6.45, 7) is 3.13. The van der Waals surface area contributed by atoms with E-state index in [9.17, 15) is 4.39 Å². The molecule has 0 saturated heterocycles. The van der Waals surface area contributed by atoms with Crippen LogP contribution in [0.2, 0.25) is 0 Å². The summed E-state index contributed by atoms with van der Waals surface area (Å²) < 4.78 is 24.1. The van der Waals surface area contributed by atoms with Crippen LogP contribution in [0.25, 0.3) is 0 Å². The van der Waals surface area contributed by atoms with Crippen LogP contribution in [0.1, 0.15) is 17.5 Å². The molecule has 7 heteroatoms. The highest BCUT2D eigenvalue weighted by Gasteiger charge is 2.06. The van der Waals surface area contributed by atoms with Crippen molar-refractivity contribution >= 4 is 24.8 Å². The zero-order chi connectivity index (χ0) is 17.2. The Morgan fingerprint density at radius 2 is 1.62 bits per heavy atom. The summed E-state index contributed by atoms with van der Waals surface area (Å²) in [6, 6.07) is 12.2. The molecular formula is C19H27Cl2FN2O2. The highest BCUT2D eigenvalue weighted by molar-refractivity contribution is 5.85. The van der Waals surface area contributed by atoms with Crippen molar-refractivity contribution in [2.24, 2.45) is 0 Å². The Balaban J connectivity index is 0.00000312. The maximum absolute atomic E-state index is 12.9. The predicted molar refractivity (Wildman–Crippen MR) is 108 cm³/mol. The van der Waals surface area contributed by atoms with E-state index in [1.54, 1.807) is 19.2 Å². The molecule has 0 atom stereocenters. The van der Waals surface area contributed by atoms with Crippen LogP contribution in [-0.2, 0) is 13.2 Å². The smallest absolute Gasteiger partial charge is 0.161 e. The van der Waals surface area contributed by atoms with Gasteiger partial charge in [-0.3, -0.25) is 0 Å². The third-order valence-corrected chi connectivity index (χ3v) is 3.65. The molecule has 0 fully saturated rings. The van der Waals surface area contributed by atoms with Crippen LogP contribution >= 0.6 is 24.8 Å². The summed E-state index contributed by atoms with van der Waals surface area (Å²) in [7, 11) is 3.58. The maximum atomic E-state index is 12.9. The number of hydrogen-bond acceptors (Lipinski definition) is 4. The van der Waals surface area contributed by atoms with Crippen LogP contribution in [0.3, 0.4) is 0 Å². The third-order valence-electron chi connectivity index (χ3n) is 3.65. The monoisotopic (exact) mass is 404 g/mol. The van der Waals surface area contributed by atoms with Crippen molar-refractivity contribution in [3.05, 3.63) is 59.4 Å². The average Bonchev–Trinajstić information content (AvgIpc) is 2.61. The van der Waals surface area contributed by atoms with Gasteiger partial charge < -0.3 is 20.1 Å². The molecule has 0 aliphatic carbocycles. The fraction of sp³-hybridized carbons (Fsp3) is 0.368. The Bertz CT molecular complexity index is 627. The van der Waals surface area contributed by atoms with Crippen molar-refractivity contribution in [1.29, 1.82) is 0 Å². The van der Waals surface area contributed by atoms with E-state index < -0.39 is 0 Å². The van der Waals surface area contributed by atoms with Crippen LogP contribution in [0.4, 0.5) is 4.39 Å². The lowest BCUT2D eigenvalue weighted by atomic mass is 10.2. The normalized spacial score (nSPS) is 9.81. The molecule has 0 unspecified atom stereocenters. The summed E-state index contributed by atoms with van der Waals surface area (Å²) in [5.74, 6) is 1.13. The van der Waals surface area contributed by atoms with E-state index in [0.717, 1.165) is 37.2 Å². The summed E-state index contributed by atoms with van der Waals surface area (Å²) in [6.07, 6.45) is 1.09. The fourth-order valence-corrected chi connectivity index (χ4v) is 2.31. The minimum atomic E-state index is -0.247. The van der Waals surface area contributed by atoms with Gasteiger partial charge in [-0.2, -0.15) is 0 Å². The second kappa shape index (κ2) is 13.6. The number of ether oxygens (including phenoxy) is 2. The highest BCUT2D eigenvalue weighted by atomic mass is 35.5. The van der Waals surface area contributed by atoms with Crippen molar-refractivity contribution in [1.82, 2.24) is 10.6 Å². The van der Waals surface area contributed by atoms with Crippen molar-refractivity contribution in [2.75, 3.05) is 27.2 Å². The molecule has 0 bridgehead atoms. The average molecular weight is 405 g/mol. The molecule has 2 aromatic rings. The van der Waals surface area contributed by atoms with Gasteiger partial charge in [0, 0.05) is 6.54 Å². The number of halogens is 3. The second-order valence-electron chi connectivity index (χ2n) is 5.53. The molecule has 0 radical (unpaired) electrons. The van der Waals surface area contributed by atoms with Gasteiger partial charge in [0.05, 0.1) is 7.11 Å². The molecule has 0 aromatic heterocycles. The summed E-state index contributed by atoms with van der Waals surface area (Å²) in [4.78, 5) is 0. The van der Waals surface area contributed by atoms with Crippen LogP contribution in [0.15, 0.2) is 42.5 Å². The molecule has 146 valence electrons. The van der Waals surface area contributed by atoms with E-state index in [2.05, 4.69) is 10.6 Å². The first kappa shape index (κ1) is 24.5. The van der Waals surface area contributed by atoms with Gasteiger partial charge in [-0.25, -0.2) is 4.39 Å². The fourth-order valence-electron chi connectivity index (χ4n) is 2.31. The minimum Gasteiger partial charge on any atom is -0.493 e. The van der Waals surface area contributed by atoms with E-state index >= 15 is 0 Å². The Morgan fingerprint density at radius 3 is 2.27 bits per heavy atom. The Morgan fingerprint density at radius 1 is 0.923 bits per heavy atom. The largest absolute Gasteiger partial charge is 0.493 e. The Labute approximate surface area is 167 Å². The third kappa shape index (κ3) is 8.23. The van der Waals surface area contributed by atoms with Crippen LogP contribution in [0.5, 0.6) is 11.5 Å². The lowest BCUT2D eigenvalue weighted by Gasteiger charge is -2.13. The zero-order valence-electron chi connectivity index (χ0n) is 15.1. The van der Waals surface area contributed by atoms with E-state index in [4.69, 9.17) is 9.47 Å². The van der Waals surface area contributed by atoms with Gasteiger partial charge in [0.25, 0.3) is 0 Å². The molecule has 2 N–H and O–H groups in total. The Kier molecular flexibility index (Phi) is 12.8. The van der Waals surface area contributed by atoms with E-state index in [0.29, 0.717) is 18.1 Å². The molecule has 2 aromatic carbocycles. The molecule has 0 amide bonds. The van der Waals surface area contributed by atoms with Gasteiger partial charge in [-0.1, -0.05) is 18.2 Å². The molecule has 0 heterocycles. The molecule has 0 spiro atoms. The zero-order valence-corrected chi connectivity index (χ0v) is 16.7. The number of benzene rings is 2. The summed E-state index contributed by atoms with van der Waals surface area (Å²) in [5, 5.41) is 6.52. The first-order valence-corrected chi connectivity index (χ1v) is 8.12. The first-order chi connectivity index (χ1) is 11.7. The van der Waals surface area contributed by atoms with Gasteiger partial charge in [0.1, 0.15) is 12.4 Å². The quantitative estimate of drug-likeness (QED) is 0.588. The molecule has 4 nitrogen and oxygen atoms in total. The standard InChI is InChI=1S/C19H25FN2O2.2ClH/c1-21-10-3-11-22-13-16-6-9-18(19(12-16)23-2)24-14-15-4-7-17(20)8-5-15;;/h4-9,12,21-22H,3,10-11,13-14H2,1-2H3;2*1H. The maximum Gasteiger partial charge on any atom is 0.161 e. The van der Waals surface area contributed by atoms with Gasteiger partial charge in [0.2, 0.25) is 0 Å². The van der Waals surface area contributed by atoms with Gasteiger partial charge >= 0.3 is 0 Å². The second-order valence-corrected chi connectivity index (χ2v) is 5.53. The van der Waals surface area contributed by atoms with Crippen molar-refractivity contribution in [2.45, 2.75) is 19.6 Å². The van der Waals surface area contributed by atoms with E-state index in [-0.39, 0.29) is 30.6 Å². The molecule has 26 heavy (non-hydrogen) atoms. The van der Waals surface area contributed by atoms with Gasteiger partial charge in [-0.05, 0) is 62.0 Å². The molecule has 0 saturated carbocycles. The van der Waals surface area contributed by atoms with Gasteiger partial charge in [-0.15, -0.1) is 24.8 Å². The van der Waals surface area contributed by atoms with E-state index in [1.165, 1.54) is 12.1 Å². The lowest BCUT2D eigenvalue weighted by molar-refractivity contribution is 0.284. The molecule has 0 aliphatic rings. The summed E-state index contributed by atoms with van der Waals surface area (Å²) >= 11 is 0. The molecule has 2 rings (SSSR count). The van der Waals surface area contributed by atoms with Crippen molar-refractivity contribution in [3.63, 3.8) is 0 Å². The highest BCUT2D eigenvalue weighted by Crippen LogP contribution is 2.28. The molecule has 0 aliphatic heterocycles.